The van der Waals surface area contributed by atoms with E-state index >= 15 is 0 Å². The van der Waals surface area contributed by atoms with Gasteiger partial charge in [0.25, 0.3) is 0 Å². The Morgan fingerprint density at radius 2 is 1.80 bits per heavy atom. The Morgan fingerprint density at radius 1 is 1.80 bits per heavy atom. The molecule has 3 nitrogen and oxygen atoms in total. The maximum atomic E-state index is 8.56. The van der Waals surface area contributed by atoms with E-state index < -0.39 is 11.4 Å². The van der Waals surface area contributed by atoms with Crippen molar-refractivity contribution in [2.75, 3.05) is 0 Å². The molecule has 5 heteroatoms. The summed E-state index contributed by atoms with van der Waals surface area (Å²) in [6.45, 7) is 0. The van der Waals surface area contributed by atoms with E-state index in [9.17, 15) is 0 Å². The number of rotatable bonds is 0. The summed E-state index contributed by atoms with van der Waals surface area (Å²) in [4.78, 5) is 0. The van der Waals surface area contributed by atoms with Crippen LogP contribution in [-0.4, -0.2) is 13.3 Å². The molecule has 0 saturated heterocycles. The largest absolute Gasteiger partial charge is 0.750 e. The van der Waals surface area contributed by atoms with Crippen LogP contribution in [0.25, 0.3) is 0 Å². The third kappa shape index (κ3) is 39.7. The Labute approximate surface area is 55.6 Å². The van der Waals surface area contributed by atoms with Crippen LogP contribution in [0.5, 0.6) is 0 Å². The predicted octanol–water partition coefficient (Wildman–Crippen LogP) is -0.661. The van der Waals surface area contributed by atoms with Crippen LogP contribution in [0, 0.1) is 31.1 Å². The molecule has 1 N–H and O–H groups in total. The van der Waals surface area contributed by atoms with Gasteiger partial charge in [0.15, 0.2) is 0 Å². The minimum Gasteiger partial charge on any atom is -0.750 e. The average molecular weight is 319 g/mol. The minimum absolute atomic E-state index is 0. The van der Waals surface area contributed by atoms with E-state index in [-0.39, 0.29) is 31.1 Å². The van der Waals surface area contributed by atoms with Gasteiger partial charge in [-0.1, -0.05) is 0 Å². The van der Waals surface area contributed by atoms with Crippen molar-refractivity contribution >= 4 is 11.4 Å². The van der Waals surface area contributed by atoms with Crippen LogP contribution in [-0.2, 0) is 11.4 Å². The van der Waals surface area contributed by atoms with Gasteiger partial charge in [0.1, 0.15) is 0 Å². The van der Waals surface area contributed by atoms with Gasteiger partial charge in [0, 0.05) is 31.1 Å². The van der Waals surface area contributed by atoms with Gasteiger partial charge in [-0.2, -0.15) is 0 Å². The fraction of sp³-hybridized carbons (Fsp3) is 0. The number of hydrogen-bond donors (Lipinski definition) is 1. The molecule has 30 valence electrons. The fourth-order valence-electron chi connectivity index (χ4n) is 0. The second-order valence-corrected chi connectivity index (χ2v) is 0.651. The Balaban J connectivity index is 0. The van der Waals surface area contributed by atoms with E-state index in [0.29, 0.717) is 0 Å². The molecule has 1 atom stereocenters. The molecule has 0 aromatic rings. The van der Waals surface area contributed by atoms with Crippen LogP contribution in [0.15, 0.2) is 0 Å². The normalized spacial score (nSPS) is 12.4. The minimum atomic E-state index is -2.86. The molecule has 0 fully saturated rings. The third-order valence-electron chi connectivity index (χ3n) is 0. The molecule has 1 unspecified atom stereocenters. The molecule has 0 aliphatic rings. The van der Waals surface area contributed by atoms with Gasteiger partial charge in [-0.25, -0.2) is 4.21 Å². The molecule has 0 amide bonds. The first-order valence-electron chi connectivity index (χ1n) is 0.516. The predicted molar refractivity (Wildman–Crippen MR) is 11.5 cm³/mol. The summed E-state index contributed by atoms with van der Waals surface area (Å²) in [6.07, 6.45) is 0. The Kier molecular flexibility index (Phi) is 9.68. The Hall–Kier alpha value is 1.12. The molecule has 0 radical (unpaired) electrons. The van der Waals surface area contributed by atoms with Crippen LogP contribution in [0.4, 0.5) is 0 Å². The van der Waals surface area contributed by atoms with Crippen molar-refractivity contribution in [2.24, 2.45) is 0 Å². The van der Waals surface area contributed by atoms with Gasteiger partial charge in [0.2, 0.25) is 0 Å². The molecule has 0 spiro atoms. The molecule has 0 bridgehead atoms. The zero-order valence-electron chi connectivity index (χ0n) is 2.17. The van der Waals surface area contributed by atoms with E-state index in [1.54, 1.807) is 0 Å². The Bertz CT molecular complexity index is 29.9. The van der Waals surface area contributed by atoms with Crippen LogP contribution in [0.2, 0.25) is 0 Å². The molecule has 0 heterocycles. The average Bonchev–Trinajstić information content (AvgIpc) is 0.811. The van der Waals surface area contributed by atoms with Crippen LogP contribution >= 0.6 is 0 Å². The summed E-state index contributed by atoms with van der Waals surface area (Å²) in [7, 11) is 0. The summed E-state index contributed by atoms with van der Waals surface area (Å²) in [5, 5.41) is 0. The topological polar surface area (TPSA) is 60.4 Å². The standard InChI is InChI=1S/H2O3S.U/c1-4(2)3;/h(H2,1,2,3);/p-1. The first-order chi connectivity index (χ1) is 1.73. The van der Waals surface area contributed by atoms with Crippen molar-refractivity contribution in [1.82, 2.24) is 0 Å². The molecular weight excluding hydrogens is 318 g/mol. The van der Waals surface area contributed by atoms with Gasteiger partial charge >= 0.3 is 0 Å². The monoisotopic (exact) mass is 319 g/mol. The SMILES string of the molecule is O=S([O-])O.[U]. The molecule has 0 saturated carbocycles. The van der Waals surface area contributed by atoms with E-state index in [0.717, 1.165) is 0 Å². The fourth-order valence-corrected chi connectivity index (χ4v) is 0. The van der Waals surface area contributed by atoms with Crippen molar-refractivity contribution < 1.29 is 44.4 Å². The van der Waals surface area contributed by atoms with Gasteiger partial charge in [-0.3, -0.25) is 0 Å². The Morgan fingerprint density at radius 3 is 1.80 bits per heavy atom. The van der Waals surface area contributed by atoms with Crippen molar-refractivity contribution in [2.45, 2.75) is 0 Å². The van der Waals surface area contributed by atoms with E-state index in [4.69, 9.17) is 13.3 Å². The third-order valence-corrected chi connectivity index (χ3v) is 0. The summed E-state index contributed by atoms with van der Waals surface area (Å²) in [5.41, 5.74) is 0. The second kappa shape index (κ2) is 5.12. The zero-order valence-corrected chi connectivity index (χ0v) is 7.15. The van der Waals surface area contributed by atoms with E-state index in [1.807, 2.05) is 0 Å². The van der Waals surface area contributed by atoms with Crippen LogP contribution < -0.4 is 0 Å². The smallest absolute Gasteiger partial charge is 0.0814 e. The number of hydrogen-bond acceptors (Lipinski definition) is 2. The molecule has 0 aromatic heterocycles. The molecule has 0 rings (SSSR count). The maximum Gasteiger partial charge on any atom is 0.0814 e. The quantitative estimate of drug-likeness (QED) is 0.603. The molecule has 0 aliphatic carbocycles. The molecule has 5 heavy (non-hydrogen) atoms. The van der Waals surface area contributed by atoms with Crippen molar-refractivity contribution in [1.29, 1.82) is 0 Å². The summed E-state index contributed by atoms with van der Waals surface area (Å²) >= 11 is -2.86. The van der Waals surface area contributed by atoms with Gasteiger partial charge in [0.05, 0.1) is 11.4 Å². The summed E-state index contributed by atoms with van der Waals surface area (Å²) < 4.78 is 24.1. The van der Waals surface area contributed by atoms with Gasteiger partial charge < -0.3 is 9.11 Å². The summed E-state index contributed by atoms with van der Waals surface area (Å²) in [5.74, 6) is 0. The second-order valence-electron chi connectivity index (χ2n) is 0.217. The van der Waals surface area contributed by atoms with Crippen molar-refractivity contribution in [3.8, 4) is 0 Å². The van der Waals surface area contributed by atoms with Gasteiger partial charge in [-0.05, 0) is 0 Å². The first kappa shape index (κ1) is 9.45. The van der Waals surface area contributed by atoms with E-state index in [1.165, 1.54) is 0 Å². The van der Waals surface area contributed by atoms with E-state index in [2.05, 4.69) is 0 Å². The summed E-state index contributed by atoms with van der Waals surface area (Å²) in [6, 6.07) is 0. The maximum absolute atomic E-state index is 8.56. The van der Waals surface area contributed by atoms with Gasteiger partial charge in [-0.15, -0.1) is 0 Å². The first-order valence-corrected chi connectivity index (χ1v) is 1.55. The molecule has 0 aromatic carbocycles. The van der Waals surface area contributed by atoms with Crippen molar-refractivity contribution in [3.05, 3.63) is 0 Å². The van der Waals surface area contributed by atoms with Crippen molar-refractivity contribution in [3.63, 3.8) is 0 Å². The zero-order chi connectivity index (χ0) is 3.58. The molecule has 0 aliphatic heterocycles. The van der Waals surface area contributed by atoms with Crippen LogP contribution in [0.1, 0.15) is 0 Å². The van der Waals surface area contributed by atoms with Crippen LogP contribution in [0.3, 0.4) is 0 Å². The molecular formula is HO3SU-.